The molecule has 1 fully saturated rings. The van der Waals surface area contributed by atoms with Crippen LogP contribution in [0.15, 0.2) is 42.5 Å². The number of hydrogen-bond acceptors (Lipinski definition) is 5. The third-order valence-electron chi connectivity index (χ3n) is 3.95. The number of ether oxygens (including phenoxy) is 1. The van der Waals surface area contributed by atoms with Gasteiger partial charge in [-0.2, -0.15) is 0 Å². The second-order valence-corrected chi connectivity index (χ2v) is 6.08. The molecule has 136 valence electrons. The van der Waals surface area contributed by atoms with Crippen molar-refractivity contribution in [1.82, 2.24) is 5.32 Å². The van der Waals surface area contributed by atoms with Gasteiger partial charge in [0.15, 0.2) is 11.5 Å². The van der Waals surface area contributed by atoms with Gasteiger partial charge < -0.3 is 25.2 Å². The molecule has 0 aliphatic carbocycles. The highest BCUT2D eigenvalue weighted by Gasteiger charge is 2.12. The van der Waals surface area contributed by atoms with Crippen molar-refractivity contribution >= 4 is 17.3 Å². The van der Waals surface area contributed by atoms with Crippen molar-refractivity contribution in [2.45, 2.75) is 6.42 Å². The maximum atomic E-state index is 9.22. The van der Waals surface area contributed by atoms with Gasteiger partial charge in [0.25, 0.3) is 0 Å². The van der Waals surface area contributed by atoms with Crippen molar-refractivity contribution in [2.75, 3.05) is 44.8 Å². The van der Waals surface area contributed by atoms with Gasteiger partial charge in [0.2, 0.25) is 0 Å². The molecule has 0 unspecified atom stereocenters. The van der Waals surface area contributed by atoms with Crippen LogP contribution in [0.25, 0.3) is 0 Å². The molecule has 0 amide bonds. The number of anilines is 1. The normalized spacial score (nSPS) is 13.8. The van der Waals surface area contributed by atoms with Crippen LogP contribution in [0.4, 0.5) is 5.69 Å². The number of halogens is 1. The molecule has 3 rings (SSSR count). The van der Waals surface area contributed by atoms with Gasteiger partial charge in [0, 0.05) is 32.8 Å². The number of nitrogens with zero attached hydrogens (tertiary/aromatic N) is 1. The van der Waals surface area contributed by atoms with E-state index in [1.54, 1.807) is 18.2 Å². The number of aromatic hydroxyl groups is 1. The number of nitrogens with one attached hydrogen (secondary N) is 1. The summed E-state index contributed by atoms with van der Waals surface area (Å²) in [4.78, 5) is 2.32. The summed E-state index contributed by atoms with van der Waals surface area (Å²) in [5, 5.41) is 22.0. The lowest BCUT2D eigenvalue weighted by Gasteiger charge is -2.30. The summed E-state index contributed by atoms with van der Waals surface area (Å²) in [6.45, 7) is 4.29. The molecular weight excluding hydrogens is 340 g/mol. The SMILES string of the molecule is COc1cc(CCO)ccc1O.Clc1ccccc1N1CCNCC1. The Morgan fingerprint density at radius 2 is 1.88 bits per heavy atom. The topological polar surface area (TPSA) is 65.0 Å². The second kappa shape index (κ2) is 10.1. The highest BCUT2D eigenvalue weighted by Crippen LogP contribution is 2.26. The summed E-state index contributed by atoms with van der Waals surface area (Å²) in [7, 11) is 1.50. The molecule has 2 aromatic rings. The summed E-state index contributed by atoms with van der Waals surface area (Å²) >= 11 is 6.10. The van der Waals surface area contributed by atoms with E-state index in [4.69, 9.17) is 21.4 Å². The molecule has 0 radical (unpaired) electrons. The molecule has 25 heavy (non-hydrogen) atoms. The van der Waals surface area contributed by atoms with Crippen LogP contribution in [0.1, 0.15) is 5.56 Å². The fourth-order valence-electron chi connectivity index (χ4n) is 2.62. The number of rotatable bonds is 4. The number of methoxy groups -OCH3 is 1. The number of aliphatic hydroxyl groups excluding tert-OH is 1. The Hall–Kier alpha value is -1.95. The minimum Gasteiger partial charge on any atom is -0.504 e. The first-order valence-corrected chi connectivity index (χ1v) is 8.70. The number of piperazine rings is 1. The van der Waals surface area contributed by atoms with Crippen LogP contribution in [0, 0.1) is 0 Å². The Balaban J connectivity index is 0.000000181. The van der Waals surface area contributed by atoms with E-state index in [1.165, 1.54) is 7.11 Å². The average Bonchev–Trinajstić information content (AvgIpc) is 2.65. The molecule has 0 atom stereocenters. The molecule has 5 nitrogen and oxygen atoms in total. The predicted octanol–water partition coefficient (Wildman–Crippen LogP) is 2.69. The van der Waals surface area contributed by atoms with Gasteiger partial charge in [-0.05, 0) is 36.2 Å². The van der Waals surface area contributed by atoms with Crippen LogP contribution in [-0.4, -0.2) is 50.1 Å². The van der Waals surface area contributed by atoms with Crippen molar-refractivity contribution in [1.29, 1.82) is 0 Å². The van der Waals surface area contributed by atoms with Crippen molar-refractivity contribution < 1.29 is 14.9 Å². The predicted molar refractivity (Wildman–Crippen MR) is 102 cm³/mol. The Kier molecular flexibility index (Phi) is 7.85. The second-order valence-electron chi connectivity index (χ2n) is 5.67. The molecule has 6 heteroatoms. The van der Waals surface area contributed by atoms with E-state index in [0.29, 0.717) is 12.2 Å². The lowest BCUT2D eigenvalue weighted by Crippen LogP contribution is -2.43. The lowest BCUT2D eigenvalue weighted by molar-refractivity contribution is 0.299. The molecule has 3 N–H and O–H groups in total. The largest absolute Gasteiger partial charge is 0.504 e. The van der Waals surface area contributed by atoms with E-state index < -0.39 is 0 Å². The van der Waals surface area contributed by atoms with Crippen molar-refractivity contribution in [3.05, 3.63) is 53.1 Å². The summed E-state index contributed by atoms with van der Waals surface area (Å²) in [5.74, 6) is 0.570. The number of benzene rings is 2. The molecular formula is C19H25ClN2O3. The van der Waals surface area contributed by atoms with E-state index >= 15 is 0 Å². The van der Waals surface area contributed by atoms with Gasteiger partial charge in [-0.1, -0.05) is 29.8 Å². The molecule has 0 spiro atoms. The smallest absolute Gasteiger partial charge is 0.160 e. The van der Waals surface area contributed by atoms with Crippen LogP contribution >= 0.6 is 11.6 Å². The maximum absolute atomic E-state index is 9.22. The first-order valence-electron chi connectivity index (χ1n) is 8.32. The van der Waals surface area contributed by atoms with E-state index in [-0.39, 0.29) is 12.4 Å². The van der Waals surface area contributed by atoms with E-state index in [9.17, 15) is 5.11 Å². The fourth-order valence-corrected chi connectivity index (χ4v) is 2.88. The number of hydrogen-bond donors (Lipinski definition) is 3. The first-order chi connectivity index (χ1) is 12.2. The summed E-state index contributed by atoms with van der Waals surface area (Å²) in [6, 6.07) is 13.0. The maximum Gasteiger partial charge on any atom is 0.160 e. The third-order valence-corrected chi connectivity index (χ3v) is 4.27. The number of phenolic OH excluding ortho intramolecular Hbond substituents is 1. The van der Waals surface area contributed by atoms with E-state index in [1.807, 2.05) is 18.2 Å². The molecule has 1 aliphatic rings. The molecule has 1 saturated heterocycles. The van der Waals surface area contributed by atoms with Gasteiger partial charge in [-0.25, -0.2) is 0 Å². The minimum absolute atomic E-state index is 0.105. The average molecular weight is 365 g/mol. The highest BCUT2D eigenvalue weighted by molar-refractivity contribution is 6.33. The first kappa shape index (κ1) is 19.4. The van der Waals surface area contributed by atoms with Gasteiger partial charge in [0.05, 0.1) is 17.8 Å². The zero-order valence-corrected chi connectivity index (χ0v) is 15.2. The van der Waals surface area contributed by atoms with Crippen LogP contribution < -0.4 is 15.0 Å². The van der Waals surface area contributed by atoms with Crippen LogP contribution in [0.3, 0.4) is 0 Å². The fraction of sp³-hybridized carbons (Fsp3) is 0.368. The Labute approximate surface area is 153 Å². The Bertz CT molecular complexity index is 661. The van der Waals surface area contributed by atoms with Gasteiger partial charge in [-0.3, -0.25) is 0 Å². The zero-order valence-electron chi connectivity index (χ0n) is 14.4. The van der Waals surface area contributed by atoms with Crippen molar-refractivity contribution in [3.63, 3.8) is 0 Å². The van der Waals surface area contributed by atoms with E-state index in [0.717, 1.165) is 42.5 Å². The molecule has 0 bridgehead atoms. The number of para-hydroxylation sites is 1. The number of phenols is 1. The van der Waals surface area contributed by atoms with Crippen molar-refractivity contribution in [2.24, 2.45) is 0 Å². The Morgan fingerprint density at radius 1 is 1.16 bits per heavy atom. The minimum atomic E-state index is 0.105. The summed E-state index contributed by atoms with van der Waals surface area (Å²) in [5.41, 5.74) is 2.11. The highest BCUT2D eigenvalue weighted by atomic mass is 35.5. The Morgan fingerprint density at radius 3 is 2.52 bits per heavy atom. The van der Waals surface area contributed by atoms with Crippen LogP contribution in [0.5, 0.6) is 11.5 Å². The standard InChI is InChI=1S/C10H13ClN2.C9H12O3/c11-9-3-1-2-4-10(9)13-7-5-12-6-8-13;1-12-9-6-7(4-5-10)2-3-8(9)11/h1-4,12H,5-8H2;2-3,6,10-11H,4-5H2,1H3. The van der Waals surface area contributed by atoms with Gasteiger partial charge >= 0.3 is 0 Å². The zero-order chi connectivity index (χ0) is 18.1. The monoisotopic (exact) mass is 364 g/mol. The summed E-state index contributed by atoms with van der Waals surface area (Å²) < 4.78 is 4.90. The molecule has 0 saturated carbocycles. The number of aliphatic hydroxyl groups is 1. The van der Waals surface area contributed by atoms with E-state index in [2.05, 4.69) is 16.3 Å². The lowest BCUT2D eigenvalue weighted by atomic mass is 10.1. The van der Waals surface area contributed by atoms with Crippen molar-refractivity contribution in [3.8, 4) is 11.5 Å². The molecule has 1 aliphatic heterocycles. The summed E-state index contributed by atoms with van der Waals surface area (Å²) in [6.07, 6.45) is 0.580. The van der Waals surface area contributed by atoms with Crippen LogP contribution in [0.2, 0.25) is 5.02 Å². The molecule has 0 aromatic heterocycles. The van der Waals surface area contributed by atoms with Crippen LogP contribution in [-0.2, 0) is 6.42 Å². The van der Waals surface area contributed by atoms with Gasteiger partial charge in [0.1, 0.15) is 0 Å². The molecule has 1 heterocycles. The molecule has 2 aromatic carbocycles. The quantitative estimate of drug-likeness (QED) is 0.778. The van der Waals surface area contributed by atoms with Gasteiger partial charge in [-0.15, -0.1) is 0 Å². The third kappa shape index (κ3) is 5.81.